The van der Waals surface area contributed by atoms with Crippen molar-refractivity contribution in [2.24, 2.45) is 15.7 Å². The molecule has 1 atom stereocenters. The number of methoxy groups -OCH3 is 1. The third-order valence-corrected chi connectivity index (χ3v) is 6.10. The first kappa shape index (κ1) is 19.6. The monoisotopic (exact) mass is 430 g/mol. The molecule has 0 radical (unpaired) electrons. The van der Waals surface area contributed by atoms with Gasteiger partial charge >= 0.3 is 0 Å². The predicted octanol–water partition coefficient (Wildman–Crippen LogP) is 4.69. The van der Waals surface area contributed by atoms with Gasteiger partial charge in [-0.25, -0.2) is 4.99 Å². The molecular formula is C25H23ClN4O. The highest BCUT2D eigenvalue weighted by atomic mass is 35.5. The van der Waals surface area contributed by atoms with Crippen LogP contribution >= 0.6 is 11.6 Å². The molecule has 5 nitrogen and oxygen atoms in total. The number of halogens is 1. The lowest BCUT2D eigenvalue weighted by atomic mass is 9.81. The van der Waals surface area contributed by atoms with Gasteiger partial charge in [0.1, 0.15) is 11.6 Å². The van der Waals surface area contributed by atoms with Crippen molar-refractivity contribution in [3.63, 3.8) is 0 Å². The third kappa shape index (κ3) is 3.26. The van der Waals surface area contributed by atoms with E-state index in [2.05, 4.69) is 30.3 Å². The van der Waals surface area contributed by atoms with Crippen LogP contribution in [-0.4, -0.2) is 36.9 Å². The quantitative estimate of drug-likeness (QED) is 0.653. The van der Waals surface area contributed by atoms with Crippen LogP contribution in [0.5, 0.6) is 5.75 Å². The van der Waals surface area contributed by atoms with Crippen molar-refractivity contribution in [2.75, 3.05) is 20.2 Å². The zero-order valence-electron chi connectivity index (χ0n) is 17.3. The molecule has 3 aromatic carbocycles. The molecule has 2 aliphatic heterocycles. The maximum atomic E-state index is 6.43. The molecule has 0 spiro atoms. The van der Waals surface area contributed by atoms with Gasteiger partial charge in [-0.05, 0) is 59.0 Å². The first-order valence-corrected chi connectivity index (χ1v) is 10.7. The predicted molar refractivity (Wildman–Crippen MR) is 126 cm³/mol. The highest BCUT2D eigenvalue weighted by Crippen LogP contribution is 2.43. The van der Waals surface area contributed by atoms with Crippen LogP contribution < -0.4 is 10.5 Å². The van der Waals surface area contributed by atoms with Gasteiger partial charge in [-0.1, -0.05) is 54.1 Å². The molecule has 0 saturated carbocycles. The molecule has 156 valence electrons. The highest BCUT2D eigenvalue weighted by Gasteiger charge is 2.49. The van der Waals surface area contributed by atoms with Crippen LogP contribution in [0, 0.1) is 0 Å². The van der Waals surface area contributed by atoms with E-state index >= 15 is 0 Å². The van der Waals surface area contributed by atoms with E-state index in [-0.39, 0.29) is 0 Å². The molecular weight excluding hydrogens is 408 g/mol. The van der Waals surface area contributed by atoms with E-state index in [1.54, 1.807) is 7.11 Å². The first-order chi connectivity index (χ1) is 15.1. The highest BCUT2D eigenvalue weighted by molar-refractivity contribution is 6.30. The largest absolute Gasteiger partial charge is 0.497 e. The number of nitrogens with zero attached hydrogens (tertiary/aromatic N) is 3. The minimum Gasteiger partial charge on any atom is -0.497 e. The molecule has 2 heterocycles. The summed E-state index contributed by atoms with van der Waals surface area (Å²) in [6.07, 6.45) is 0.955. The molecule has 0 amide bonds. The smallest absolute Gasteiger partial charge is 0.198 e. The maximum absolute atomic E-state index is 6.43. The molecule has 0 aromatic heterocycles. The molecule has 5 rings (SSSR count). The van der Waals surface area contributed by atoms with Crippen LogP contribution in [0.1, 0.15) is 17.5 Å². The van der Waals surface area contributed by atoms with Crippen molar-refractivity contribution < 1.29 is 4.74 Å². The van der Waals surface area contributed by atoms with Crippen molar-refractivity contribution in [1.82, 2.24) is 4.90 Å². The molecule has 0 saturated heterocycles. The maximum Gasteiger partial charge on any atom is 0.198 e. The number of amidine groups is 1. The Hall–Kier alpha value is -3.31. The second kappa shape index (κ2) is 7.75. The van der Waals surface area contributed by atoms with E-state index in [0.717, 1.165) is 53.3 Å². The van der Waals surface area contributed by atoms with Crippen molar-refractivity contribution >= 4 is 23.4 Å². The van der Waals surface area contributed by atoms with E-state index < -0.39 is 5.54 Å². The van der Waals surface area contributed by atoms with Crippen molar-refractivity contribution in [2.45, 2.75) is 12.0 Å². The molecule has 0 aliphatic carbocycles. The SMILES string of the molecule is COc1cccc(C2(c3cccc(-c4cccc(Cl)c4)c3)N=C(N)N3CCCN=C32)c1. The Kier molecular flexibility index (Phi) is 4.91. The van der Waals surface area contributed by atoms with Crippen molar-refractivity contribution in [3.8, 4) is 16.9 Å². The Bertz CT molecular complexity index is 1210. The van der Waals surface area contributed by atoms with Gasteiger partial charge in [-0.3, -0.25) is 9.89 Å². The van der Waals surface area contributed by atoms with Gasteiger partial charge in [0, 0.05) is 18.1 Å². The van der Waals surface area contributed by atoms with Gasteiger partial charge in [0.25, 0.3) is 0 Å². The average Bonchev–Trinajstić information content (AvgIpc) is 3.13. The minimum atomic E-state index is -0.826. The first-order valence-electron chi connectivity index (χ1n) is 10.3. The van der Waals surface area contributed by atoms with Gasteiger partial charge in [0.05, 0.1) is 7.11 Å². The van der Waals surface area contributed by atoms with Gasteiger partial charge in [0.15, 0.2) is 11.5 Å². The Labute approximate surface area is 186 Å². The molecule has 2 N–H and O–H groups in total. The molecule has 0 bridgehead atoms. The number of hydrogen-bond acceptors (Lipinski definition) is 5. The van der Waals surface area contributed by atoms with Crippen LogP contribution in [0.4, 0.5) is 0 Å². The van der Waals surface area contributed by atoms with Crippen molar-refractivity contribution in [1.29, 1.82) is 0 Å². The van der Waals surface area contributed by atoms with E-state index in [1.807, 2.05) is 47.4 Å². The fourth-order valence-electron chi connectivity index (χ4n) is 4.41. The van der Waals surface area contributed by atoms with Crippen LogP contribution in [0.25, 0.3) is 11.1 Å². The lowest BCUT2D eigenvalue weighted by Crippen LogP contribution is -2.46. The molecule has 3 aromatic rings. The summed E-state index contributed by atoms with van der Waals surface area (Å²) in [6.45, 7) is 1.57. The second-order valence-corrected chi connectivity index (χ2v) is 8.15. The Morgan fingerprint density at radius 3 is 2.45 bits per heavy atom. The molecule has 1 unspecified atom stereocenters. The number of fused-ring (bicyclic) bond motifs is 1. The Morgan fingerprint density at radius 1 is 0.968 bits per heavy atom. The number of benzene rings is 3. The van der Waals surface area contributed by atoms with E-state index in [4.69, 9.17) is 32.1 Å². The summed E-state index contributed by atoms with van der Waals surface area (Å²) in [7, 11) is 1.67. The fourth-order valence-corrected chi connectivity index (χ4v) is 4.60. The Morgan fingerprint density at radius 2 is 1.68 bits per heavy atom. The summed E-state index contributed by atoms with van der Waals surface area (Å²) < 4.78 is 5.52. The summed E-state index contributed by atoms with van der Waals surface area (Å²) in [4.78, 5) is 12.0. The minimum absolute atomic E-state index is 0.495. The van der Waals surface area contributed by atoms with Crippen LogP contribution in [0.2, 0.25) is 5.02 Å². The lowest BCUT2D eigenvalue weighted by molar-refractivity contribution is 0.413. The number of guanidine groups is 1. The number of nitrogens with two attached hydrogens (primary N) is 1. The standard InChI is InChI=1S/C25H23ClN4O/c1-31-22-11-4-9-20(16-22)25(23-28-12-5-13-30(23)24(27)29-25)19-8-2-6-17(14-19)18-7-3-10-21(26)15-18/h2-4,6-11,14-16H,5,12-13H2,1H3,(H2,27,29). The van der Waals surface area contributed by atoms with Crippen LogP contribution in [0.3, 0.4) is 0 Å². The summed E-state index contributed by atoms with van der Waals surface area (Å²) >= 11 is 6.25. The summed E-state index contributed by atoms with van der Waals surface area (Å²) in [5.41, 5.74) is 9.69. The van der Waals surface area contributed by atoms with Crippen LogP contribution in [0.15, 0.2) is 82.8 Å². The van der Waals surface area contributed by atoms with Gasteiger partial charge in [-0.15, -0.1) is 0 Å². The van der Waals surface area contributed by atoms with Crippen LogP contribution in [-0.2, 0) is 5.54 Å². The molecule has 6 heteroatoms. The summed E-state index contributed by atoms with van der Waals surface area (Å²) in [6, 6.07) is 24.2. The topological polar surface area (TPSA) is 63.2 Å². The summed E-state index contributed by atoms with van der Waals surface area (Å²) in [5, 5.41) is 0.705. The Balaban J connectivity index is 1.75. The van der Waals surface area contributed by atoms with E-state index in [0.29, 0.717) is 11.0 Å². The fraction of sp³-hybridized carbons (Fsp3) is 0.200. The number of ether oxygens (including phenoxy) is 1. The van der Waals surface area contributed by atoms with Gasteiger partial charge in [0.2, 0.25) is 0 Å². The summed E-state index contributed by atoms with van der Waals surface area (Å²) in [5.74, 6) is 2.13. The zero-order valence-corrected chi connectivity index (χ0v) is 18.0. The van der Waals surface area contributed by atoms with E-state index in [1.165, 1.54) is 0 Å². The average molecular weight is 431 g/mol. The number of rotatable bonds is 4. The molecule has 2 aliphatic rings. The second-order valence-electron chi connectivity index (χ2n) is 7.71. The molecule has 0 fully saturated rings. The number of aliphatic imine (C=N–C) groups is 2. The zero-order chi connectivity index (χ0) is 21.4. The molecule has 31 heavy (non-hydrogen) atoms. The third-order valence-electron chi connectivity index (χ3n) is 5.87. The van der Waals surface area contributed by atoms with Crippen molar-refractivity contribution in [3.05, 3.63) is 88.9 Å². The number of hydrogen-bond donors (Lipinski definition) is 1. The lowest BCUT2D eigenvalue weighted by Gasteiger charge is -2.33. The normalized spacial score (nSPS) is 20.1. The van der Waals surface area contributed by atoms with E-state index in [9.17, 15) is 0 Å². The van der Waals surface area contributed by atoms with Gasteiger partial charge in [-0.2, -0.15) is 0 Å². The van der Waals surface area contributed by atoms with Gasteiger partial charge < -0.3 is 10.5 Å².